The lowest BCUT2D eigenvalue weighted by Crippen LogP contribution is -2.14. The summed E-state index contributed by atoms with van der Waals surface area (Å²) in [6, 6.07) is 7.33. The molecule has 0 radical (unpaired) electrons. The van der Waals surface area contributed by atoms with E-state index in [-0.39, 0.29) is 17.0 Å². The molecule has 0 aliphatic carbocycles. The molecule has 0 fully saturated rings. The SMILES string of the molecule is COC(=O)c1cc2nc(-c3cccc(C)c3C)oc2cc1C(F)(F)F. The Balaban J connectivity index is 2.24. The number of aryl methyl sites for hydroxylation is 1. The van der Waals surface area contributed by atoms with Crippen molar-refractivity contribution in [2.45, 2.75) is 20.0 Å². The number of hydrogen-bond donors (Lipinski definition) is 0. The van der Waals surface area contributed by atoms with E-state index < -0.39 is 23.3 Å². The van der Waals surface area contributed by atoms with E-state index >= 15 is 0 Å². The molecule has 0 saturated carbocycles. The minimum atomic E-state index is -4.72. The van der Waals surface area contributed by atoms with Gasteiger partial charge in [0.15, 0.2) is 5.58 Å². The van der Waals surface area contributed by atoms with E-state index in [9.17, 15) is 18.0 Å². The lowest BCUT2D eigenvalue weighted by Gasteiger charge is -2.10. The number of hydrogen-bond acceptors (Lipinski definition) is 4. The van der Waals surface area contributed by atoms with Gasteiger partial charge < -0.3 is 9.15 Å². The highest BCUT2D eigenvalue weighted by molar-refractivity contribution is 5.95. The van der Waals surface area contributed by atoms with Crippen LogP contribution < -0.4 is 0 Å². The second-order valence-corrected chi connectivity index (χ2v) is 5.62. The standard InChI is InChI=1S/C18H14F3NO3/c1-9-5-4-6-11(10(9)2)16-22-14-7-12(17(23)24-3)13(18(19,20)21)8-15(14)25-16/h4-8H,1-3H3. The van der Waals surface area contributed by atoms with Gasteiger partial charge in [-0.1, -0.05) is 12.1 Å². The number of ether oxygens (including phenoxy) is 1. The second-order valence-electron chi connectivity index (χ2n) is 5.62. The van der Waals surface area contributed by atoms with Crippen LogP contribution in [0.5, 0.6) is 0 Å². The average molecular weight is 349 g/mol. The zero-order valence-electron chi connectivity index (χ0n) is 13.7. The van der Waals surface area contributed by atoms with Crippen LogP contribution in [0.25, 0.3) is 22.6 Å². The van der Waals surface area contributed by atoms with Gasteiger partial charge in [-0.15, -0.1) is 0 Å². The summed E-state index contributed by atoms with van der Waals surface area (Å²) in [7, 11) is 1.02. The Morgan fingerprint density at radius 1 is 1.20 bits per heavy atom. The number of fused-ring (bicyclic) bond motifs is 1. The van der Waals surface area contributed by atoms with Crippen LogP contribution in [0.15, 0.2) is 34.7 Å². The van der Waals surface area contributed by atoms with Gasteiger partial charge in [0.1, 0.15) is 5.52 Å². The molecule has 25 heavy (non-hydrogen) atoms. The predicted octanol–water partition coefficient (Wildman–Crippen LogP) is 4.92. The maximum absolute atomic E-state index is 13.2. The minimum absolute atomic E-state index is 0.0455. The fourth-order valence-electron chi connectivity index (χ4n) is 2.59. The lowest BCUT2D eigenvalue weighted by atomic mass is 10.0. The van der Waals surface area contributed by atoms with Gasteiger partial charge in [-0.3, -0.25) is 0 Å². The van der Waals surface area contributed by atoms with Crippen molar-refractivity contribution in [3.05, 3.63) is 52.6 Å². The van der Waals surface area contributed by atoms with Crippen LogP contribution in [0.2, 0.25) is 0 Å². The second kappa shape index (κ2) is 5.91. The molecule has 4 nitrogen and oxygen atoms in total. The minimum Gasteiger partial charge on any atom is -0.465 e. The molecule has 0 amide bonds. The average Bonchev–Trinajstić information content (AvgIpc) is 2.97. The molecule has 0 unspecified atom stereocenters. The Kier molecular flexibility index (Phi) is 4.02. The summed E-state index contributed by atoms with van der Waals surface area (Å²) in [5.41, 5.74) is 1.01. The Hall–Kier alpha value is -2.83. The van der Waals surface area contributed by atoms with Gasteiger partial charge in [-0.2, -0.15) is 13.2 Å². The number of oxazole rings is 1. The molecule has 0 atom stereocenters. The van der Waals surface area contributed by atoms with Crippen molar-refractivity contribution in [2.24, 2.45) is 0 Å². The first-order valence-electron chi connectivity index (χ1n) is 7.39. The number of nitrogens with zero attached hydrogens (tertiary/aromatic N) is 1. The van der Waals surface area contributed by atoms with Crippen LogP contribution in [0.4, 0.5) is 13.2 Å². The zero-order chi connectivity index (χ0) is 18.4. The molecule has 1 heterocycles. The van der Waals surface area contributed by atoms with Crippen LogP contribution in [0.3, 0.4) is 0 Å². The summed E-state index contributed by atoms with van der Waals surface area (Å²) < 4.78 is 49.7. The van der Waals surface area contributed by atoms with Gasteiger partial charge in [0.2, 0.25) is 5.89 Å². The highest BCUT2D eigenvalue weighted by Gasteiger charge is 2.37. The molecule has 2 aromatic carbocycles. The third kappa shape index (κ3) is 2.97. The van der Waals surface area contributed by atoms with Gasteiger partial charge in [0.05, 0.1) is 18.2 Å². The fourth-order valence-corrected chi connectivity index (χ4v) is 2.59. The molecule has 0 spiro atoms. The molecule has 3 rings (SSSR count). The smallest absolute Gasteiger partial charge is 0.417 e. The summed E-state index contributed by atoms with van der Waals surface area (Å²) in [4.78, 5) is 16.0. The fraction of sp³-hybridized carbons (Fsp3) is 0.222. The molecule has 130 valence electrons. The van der Waals surface area contributed by atoms with Gasteiger partial charge in [0.25, 0.3) is 0 Å². The van der Waals surface area contributed by atoms with Gasteiger partial charge in [-0.25, -0.2) is 9.78 Å². The van der Waals surface area contributed by atoms with Crippen LogP contribution in [-0.2, 0) is 10.9 Å². The third-order valence-electron chi connectivity index (χ3n) is 4.07. The number of carbonyl (C=O) groups is 1. The van der Waals surface area contributed by atoms with Crippen molar-refractivity contribution in [3.63, 3.8) is 0 Å². The molecular weight excluding hydrogens is 335 g/mol. The van der Waals surface area contributed by atoms with E-state index in [1.807, 2.05) is 26.0 Å². The topological polar surface area (TPSA) is 52.3 Å². The first-order chi connectivity index (χ1) is 11.7. The summed E-state index contributed by atoms with van der Waals surface area (Å²) in [5, 5.41) is 0. The highest BCUT2D eigenvalue weighted by Crippen LogP contribution is 2.36. The number of halogens is 3. The monoisotopic (exact) mass is 349 g/mol. The van der Waals surface area contributed by atoms with E-state index in [0.29, 0.717) is 5.56 Å². The number of esters is 1. The van der Waals surface area contributed by atoms with Crippen molar-refractivity contribution < 1.29 is 27.1 Å². The van der Waals surface area contributed by atoms with Crippen LogP contribution in [0.1, 0.15) is 27.0 Å². The summed E-state index contributed by atoms with van der Waals surface area (Å²) in [6.45, 7) is 3.79. The number of benzene rings is 2. The first kappa shape index (κ1) is 17.0. The molecule has 7 heteroatoms. The number of rotatable bonds is 2. The van der Waals surface area contributed by atoms with E-state index in [2.05, 4.69) is 9.72 Å². The van der Waals surface area contributed by atoms with Crippen LogP contribution in [0, 0.1) is 13.8 Å². The maximum atomic E-state index is 13.2. The normalized spacial score (nSPS) is 11.8. The van der Waals surface area contributed by atoms with Crippen molar-refractivity contribution in [1.82, 2.24) is 4.98 Å². The first-order valence-corrected chi connectivity index (χ1v) is 7.39. The van der Waals surface area contributed by atoms with Gasteiger partial charge in [-0.05, 0) is 43.2 Å². The van der Waals surface area contributed by atoms with Crippen molar-refractivity contribution >= 4 is 17.1 Å². The van der Waals surface area contributed by atoms with Gasteiger partial charge >= 0.3 is 12.1 Å². The Morgan fingerprint density at radius 2 is 1.92 bits per heavy atom. The van der Waals surface area contributed by atoms with E-state index in [1.54, 1.807) is 6.07 Å². The Labute approximate surface area is 141 Å². The van der Waals surface area contributed by atoms with E-state index in [4.69, 9.17) is 4.42 Å². The highest BCUT2D eigenvalue weighted by atomic mass is 19.4. The number of methoxy groups -OCH3 is 1. The molecule has 0 aliphatic heterocycles. The van der Waals surface area contributed by atoms with Gasteiger partial charge in [0, 0.05) is 5.56 Å². The third-order valence-corrected chi connectivity index (χ3v) is 4.07. The van der Waals surface area contributed by atoms with Crippen molar-refractivity contribution in [2.75, 3.05) is 7.11 Å². The van der Waals surface area contributed by atoms with E-state index in [0.717, 1.165) is 30.4 Å². The summed E-state index contributed by atoms with van der Waals surface area (Å²) in [6.07, 6.45) is -4.72. The van der Waals surface area contributed by atoms with Crippen LogP contribution in [-0.4, -0.2) is 18.1 Å². The number of carbonyl (C=O) groups excluding carboxylic acids is 1. The number of aromatic nitrogens is 1. The largest absolute Gasteiger partial charge is 0.465 e. The molecule has 0 saturated heterocycles. The maximum Gasteiger partial charge on any atom is 0.417 e. The molecule has 0 aliphatic rings. The lowest BCUT2D eigenvalue weighted by molar-refractivity contribution is -0.138. The van der Waals surface area contributed by atoms with Crippen molar-refractivity contribution in [3.8, 4) is 11.5 Å². The van der Waals surface area contributed by atoms with Crippen molar-refractivity contribution in [1.29, 1.82) is 0 Å². The quantitative estimate of drug-likeness (QED) is 0.617. The zero-order valence-corrected chi connectivity index (χ0v) is 13.7. The Morgan fingerprint density at radius 3 is 2.56 bits per heavy atom. The van der Waals surface area contributed by atoms with Crippen LogP contribution >= 0.6 is 0 Å². The molecule has 0 bridgehead atoms. The molecular formula is C18H14F3NO3. The summed E-state index contributed by atoms with van der Waals surface area (Å²) in [5.74, 6) is -0.878. The van der Waals surface area contributed by atoms with E-state index in [1.165, 1.54) is 0 Å². The predicted molar refractivity (Wildman–Crippen MR) is 85.3 cm³/mol. The number of alkyl halides is 3. The molecule has 0 N–H and O–H groups in total. The molecule has 1 aromatic heterocycles. The summed E-state index contributed by atoms with van der Waals surface area (Å²) >= 11 is 0. The molecule has 3 aromatic rings. The Bertz CT molecular complexity index is 974.